The van der Waals surface area contributed by atoms with Crippen molar-refractivity contribution < 1.29 is 4.42 Å². The van der Waals surface area contributed by atoms with Crippen molar-refractivity contribution in [2.24, 2.45) is 0 Å². The molecule has 2 aromatic heterocycles. The van der Waals surface area contributed by atoms with Crippen LogP contribution in [0.1, 0.15) is 29.9 Å². The van der Waals surface area contributed by atoms with Crippen molar-refractivity contribution in [3.8, 4) is 6.07 Å². The average Bonchev–Trinajstić information content (AvgIpc) is 3.29. The molecule has 0 radical (unpaired) electrons. The van der Waals surface area contributed by atoms with E-state index in [9.17, 15) is 4.79 Å². The van der Waals surface area contributed by atoms with E-state index in [2.05, 4.69) is 26.9 Å². The molecule has 1 saturated heterocycles. The number of fused-ring (bicyclic) bond motifs is 1. The maximum Gasteiger partial charge on any atom is 0.345 e. The molecule has 31 heavy (non-hydrogen) atoms. The topological polar surface area (TPSA) is 73.4 Å². The molecule has 6 nitrogen and oxygen atoms in total. The number of rotatable bonds is 3. The number of benzene rings is 1. The van der Waals surface area contributed by atoms with Crippen molar-refractivity contribution in [3.05, 3.63) is 76.0 Å². The van der Waals surface area contributed by atoms with E-state index in [4.69, 9.17) is 9.68 Å². The van der Waals surface area contributed by atoms with E-state index in [1.807, 2.05) is 43.3 Å². The number of piperazine rings is 1. The van der Waals surface area contributed by atoms with Crippen molar-refractivity contribution in [2.75, 3.05) is 31.1 Å². The second kappa shape index (κ2) is 8.01. The molecule has 5 rings (SSSR count). The highest BCUT2D eigenvalue weighted by Gasteiger charge is 2.27. The number of allylic oxidation sites excluding steroid dienone is 1. The lowest BCUT2D eigenvalue weighted by Crippen LogP contribution is -2.49. The van der Waals surface area contributed by atoms with E-state index in [0.29, 0.717) is 28.3 Å². The first-order valence-corrected chi connectivity index (χ1v) is 10.7. The SMILES string of the molecule is Cc1ccc2c(=O)oc(C3=C[C@H](N4CCN(c5ccc(C#N)cc5)CC4)CC3)cc2n1. The first kappa shape index (κ1) is 19.5. The standard InChI is InChI=1S/C25H24N4O2/c1-17-2-9-22-23(27-17)15-24(31-25(22)30)19-5-8-21(14-19)29-12-10-28(11-13-29)20-6-3-18(16-26)4-7-20/h2-4,6-7,9,14-15,21H,5,8,10-13H2,1H3/t21-/m1/s1. The maximum atomic E-state index is 12.4. The molecule has 0 N–H and O–H groups in total. The predicted octanol–water partition coefficient (Wildman–Crippen LogP) is 3.74. The van der Waals surface area contributed by atoms with Crippen molar-refractivity contribution in [2.45, 2.75) is 25.8 Å². The van der Waals surface area contributed by atoms with E-state index < -0.39 is 0 Å². The monoisotopic (exact) mass is 412 g/mol. The number of pyridine rings is 1. The van der Waals surface area contributed by atoms with Gasteiger partial charge in [0, 0.05) is 49.7 Å². The summed E-state index contributed by atoms with van der Waals surface area (Å²) in [5, 5.41) is 9.51. The molecule has 3 heterocycles. The summed E-state index contributed by atoms with van der Waals surface area (Å²) in [4.78, 5) is 21.8. The molecule has 1 aliphatic heterocycles. The summed E-state index contributed by atoms with van der Waals surface area (Å²) < 4.78 is 5.63. The van der Waals surface area contributed by atoms with E-state index in [1.54, 1.807) is 6.07 Å². The van der Waals surface area contributed by atoms with Crippen LogP contribution in [0.25, 0.3) is 16.5 Å². The minimum atomic E-state index is -0.319. The van der Waals surface area contributed by atoms with Gasteiger partial charge in [0.2, 0.25) is 0 Å². The van der Waals surface area contributed by atoms with Crippen molar-refractivity contribution in [3.63, 3.8) is 0 Å². The summed E-state index contributed by atoms with van der Waals surface area (Å²) in [5.74, 6) is 0.648. The number of hydrogen-bond donors (Lipinski definition) is 0. The molecular formula is C25H24N4O2. The third-order valence-electron chi connectivity index (χ3n) is 6.32. The number of nitrogens with zero attached hydrogens (tertiary/aromatic N) is 4. The van der Waals surface area contributed by atoms with Crippen LogP contribution in [0, 0.1) is 18.3 Å². The largest absolute Gasteiger partial charge is 0.423 e. The highest BCUT2D eigenvalue weighted by molar-refractivity contribution is 5.80. The Hall–Kier alpha value is -3.43. The number of hydrogen-bond acceptors (Lipinski definition) is 6. The molecule has 1 fully saturated rings. The van der Waals surface area contributed by atoms with Gasteiger partial charge in [-0.1, -0.05) is 6.08 Å². The lowest BCUT2D eigenvalue weighted by atomic mass is 10.1. The molecule has 1 aromatic carbocycles. The van der Waals surface area contributed by atoms with Crippen LogP contribution >= 0.6 is 0 Å². The second-order valence-electron chi connectivity index (χ2n) is 8.26. The highest BCUT2D eigenvalue weighted by Crippen LogP contribution is 2.32. The number of aryl methyl sites for hydroxylation is 1. The lowest BCUT2D eigenvalue weighted by molar-refractivity contribution is 0.214. The minimum Gasteiger partial charge on any atom is -0.423 e. The van der Waals surface area contributed by atoms with Crippen molar-refractivity contribution >= 4 is 22.2 Å². The lowest BCUT2D eigenvalue weighted by Gasteiger charge is -2.38. The maximum absolute atomic E-state index is 12.4. The molecule has 1 atom stereocenters. The zero-order chi connectivity index (χ0) is 21.4. The van der Waals surface area contributed by atoms with E-state index in [-0.39, 0.29) is 5.63 Å². The van der Waals surface area contributed by atoms with Gasteiger partial charge in [-0.3, -0.25) is 9.88 Å². The van der Waals surface area contributed by atoms with Gasteiger partial charge in [-0.05, 0) is 61.7 Å². The van der Waals surface area contributed by atoms with Crippen LogP contribution in [0.2, 0.25) is 0 Å². The van der Waals surface area contributed by atoms with Crippen molar-refractivity contribution in [1.82, 2.24) is 9.88 Å². The molecule has 6 heteroatoms. The molecule has 0 amide bonds. The smallest absolute Gasteiger partial charge is 0.345 e. The van der Waals surface area contributed by atoms with Crippen LogP contribution in [0.4, 0.5) is 5.69 Å². The predicted molar refractivity (Wildman–Crippen MR) is 121 cm³/mol. The molecule has 0 bridgehead atoms. The Morgan fingerprint density at radius 2 is 1.87 bits per heavy atom. The van der Waals surface area contributed by atoms with Gasteiger partial charge in [-0.2, -0.15) is 5.26 Å². The van der Waals surface area contributed by atoms with Crippen LogP contribution in [-0.4, -0.2) is 42.1 Å². The summed E-state index contributed by atoms with van der Waals surface area (Å²) in [6.07, 6.45) is 4.20. The van der Waals surface area contributed by atoms with Crippen LogP contribution < -0.4 is 10.5 Å². The highest BCUT2D eigenvalue weighted by atomic mass is 16.4. The quantitative estimate of drug-likeness (QED) is 0.653. The molecule has 0 spiro atoms. The zero-order valence-electron chi connectivity index (χ0n) is 17.5. The zero-order valence-corrected chi connectivity index (χ0v) is 17.5. The van der Waals surface area contributed by atoms with Gasteiger partial charge in [0.1, 0.15) is 5.76 Å². The summed E-state index contributed by atoms with van der Waals surface area (Å²) in [5.41, 5.74) is 4.23. The Morgan fingerprint density at radius 1 is 1.10 bits per heavy atom. The van der Waals surface area contributed by atoms with Crippen LogP contribution in [0.15, 0.2) is 57.8 Å². The third-order valence-corrected chi connectivity index (χ3v) is 6.32. The van der Waals surface area contributed by atoms with E-state index in [0.717, 1.165) is 50.3 Å². The van der Waals surface area contributed by atoms with Crippen LogP contribution in [0.5, 0.6) is 0 Å². The summed E-state index contributed by atoms with van der Waals surface area (Å²) in [7, 11) is 0. The molecule has 2 aliphatic rings. The number of nitriles is 1. The Balaban J connectivity index is 1.29. The Labute approximate surface area is 181 Å². The second-order valence-corrected chi connectivity index (χ2v) is 8.26. The van der Waals surface area contributed by atoms with Gasteiger partial charge < -0.3 is 9.32 Å². The van der Waals surface area contributed by atoms with Crippen LogP contribution in [-0.2, 0) is 0 Å². The average molecular weight is 412 g/mol. The van der Waals surface area contributed by atoms with E-state index >= 15 is 0 Å². The fourth-order valence-electron chi connectivity index (χ4n) is 4.58. The molecular weight excluding hydrogens is 388 g/mol. The molecule has 1 aliphatic carbocycles. The first-order chi connectivity index (χ1) is 15.1. The van der Waals surface area contributed by atoms with Gasteiger partial charge >= 0.3 is 5.63 Å². The number of anilines is 1. The molecule has 0 unspecified atom stereocenters. The van der Waals surface area contributed by atoms with Gasteiger partial charge in [-0.25, -0.2) is 4.79 Å². The molecule has 0 saturated carbocycles. The fraction of sp³-hybridized carbons (Fsp3) is 0.320. The summed E-state index contributed by atoms with van der Waals surface area (Å²) >= 11 is 0. The third kappa shape index (κ3) is 3.85. The van der Waals surface area contributed by atoms with Crippen molar-refractivity contribution in [1.29, 1.82) is 5.26 Å². The fourth-order valence-corrected chi connectivity index (χ4v) is 4.58. The van der Waals surface area contributed by atoms with Gasteiger partial charge in [-0.15, -0.1) is 0 Å². The summed E-state index contributed by atoms with van der Waals surface area (Å²) in [6.45, 7) is 5.81. The van der Waals surface area contributed by atoms with E-state index in [1.165, 1.54) is 5.69 Å². The Morgan fingerprint density at radius 3 is 2.61 bits per heavy atom. The van der Waals surface area contributed by atoms with Crippen LogP contribution in [0.3, 0.4) is 0 Å². The molecule has 156 valence electrons. The number of aromatic nitrogens is 1. The molecule has 3 aromatic rings. The minimum absolute atomic E-state index is 0.319. The van der Waals surface area contributed by atoms with Gasteiger partial charge in [0.15, 0.2) is 0 Å². The Kier molecular flexibility index (Phi) is 5.05. The first-order valence-electron chi connectivity index (χ1n) is 10.7. The van der Waals surface area contributed by atoms with Gasteiger partial charge in [0.25, 0.3) is 0 Å². The Bertz CT molecular complexity index is 1250. The van der Waals surface area contributed by atoms with Gasteiger partial charge in [0.05, 0.1) is 22.5 Å². The normalized spacial score (nSPS) is 19.4. The summed E-state index contributed by atoms with van der Waals surface area (Å²) in [6, 6.07) is 15.9.